The first-order valence-corrected chi connectivity index (χ1v) is 8.67. The van der Waals surface area contributed by atoms with Crippen LogP contribution in [0.5, 0.6) is 0 Å². The van der Waals surface area contributed by atoms with Gasteiger partial charge in [0.05, 0.1) is 0 Å². The number of hydrogen-bond donors (Lipinski definition) is 1. The van der Waals surface area contributed by atoms with Crippen LogP contribution in [0.15, 0.2) is 18.2 Å². The van der Waals surface area contributed by atoms with Crippen molar-refractivity contribution in [3.8, 4) is 0 Å². The zero-order chi connectivity index (χ0) is 15.5. The van der Waals surface area contributed by atoms with Crippen molar-refractivity contribution in [3.05, 3.63) is 35.1 Å². The van der Waals surface area contributed by atoms with Crippen LogP contribution in [0.2, 0.25) is 0 Å². The van der Waals surface area contributed by atoms with Gasteiger partial charge in [-0.25, -0.2) is 4.39 Å². The first-order chi connectivity index (χ1) is 10.2. The first-order valence-electron chi connectivity index (χ1n) is 8.67. The van der Waals surface area contributed by atoms with Crippen LogP contribution in [0.3, 0.4) is 0 Å². The smallest absolute Gasteiger partial charge is 0.123 e. The van der Waals surface area contributed by atoms with Crippen LogP contribution in [0.25, 0.3) is 0 Å². The minimum Gasteiger partial charge on any atom is -0.310 e. The van der Waals surface area contributed by atoms with Crippen LogP contribution in [0, 0.1) is 12.7 Å². The van der Waals surface area contributed by atoms with Crippen LogP contribution < -0.4 is 5.32 Å². The van der Waals surface area contributed by atoms with Crippen molar-refractivity contribution < 1.29 is 4.39 Å². The SMILES string of the molecule is CCCCCCCCCC(NCC)c1cc(C)cc(F)c1. The maximum absolute atomic E-state index is 13.6. The van der Waals surface area contributed by atoms with Crippen molar-refractivity contribution in [1.82, 2.24) is 5.32 Å². The predicted octanol–water partition coefficient (Wildman–Crippen LogP) is 5.93. The Balaban J connectivity index is 2.39. The molecule has 1 aromatic carbocycles. The number of unbranched alkanes of at least 4 members (excludes halogenated alkanes) is 6. The molecule has 0 heterocycles. The zero-order valence-corrected chi connectivity index (χ0v) is 14.1. The molecule has 1 atom stereocenters. The predicted molar refractivity (Wildman–Crippen MR) is 90.2 cm³/mol. The van der Waals surface area contributed by atoms with Gasteiger partial charge in [-0.15, -0.1) is 0 Å². The van der Waals surface area contributed by atoms with E-state index in [1.165, 1.54) is 44.9 Å². The van der Waals surface area contributed by atoms with E-state index in [4.69, 9.17) is 0 Å². The molecule has 0 saturated carbocycles. The van der Waals surface area contributed by atoms with E-state index >= 15 is 0 Å². The van der Waals surface area contributed by atoms with E-state index in [-0.39, 0.29) is 5.82 Å². The summed E-state index contributed by atoms with van der Waals surface area (Å²) in [6, 6.07) is 5.68. The van der Waals surface area contributed by atoms with Gasteiger partial charge < -0.3 is 5.32 Å². The van der Waals surface area contributed by atoms with Gasteiger partial charge in [0.2, 0.25) is 0 Å². The topological polar surface area (TPSA) is 12.0 Å². The second-order valence-electron chi connectivity index (χ2n) is 6.08. The molecule has 0 spiro atoms. The van der Waals surface area contributed by atoms with Crippen LogP contribution in [0.1, 0.15) is 82.4 Å². The van der Waals surface area contributed by atoms with E-state index in [9.17, 15) is 4.39 Å². The monoisotopic (exact) mass is 293 g/mol. The number of rotatable bonds is 11. The molecule has 1 unspecified atom stereocenters. The molecule has 0 radical (unpaired) electrons. The maximum Gasteiger partial charge on any atom is 0.123 e. The summed E-state index contributed by atoms with van der Waals surface area (Å²) in [4.78, 5) is 0. The molecule has 0 amide bonds. The Labute approximate surface area is 130 Å². The van der Waals surface area contributed by atoms with Crippen molar-refractivity contribution in [2.24, 2.45) is 0 Å². The number of aryl methyl sites for hydroxylation is 1. The Morgan fingerprint density at radius 1 is 0.952 bits per heavy atom. The summed E-state index contributed by atoms with van der Waals surface area (Å²) < 4.78 is 13.6. The van der Waals surface area contributed by atoms with Gasteiger partial charge in [0.1, 0.15) is 5.82 Å². The molecule has 0 aromatic heterocycles. The third kappa shape index (κ3) is 7.61. The molecule has 0 aliphatic heterocycles. The minimum atomic E-state index is -0.118. The number of benzene rings is 1. The minimum absolute atomic E-state index is 0.118. The quantitative estimate of drug-likeness (QED) is 0.499. The van der Waals surface area contributed by atoms with Crippen LogP contribution >= 0.6 is 0 Å². The van der Waals surface area contributed by atoms with E-state index < -0.39 is 0 Å². The fourth-order valence-electron chi connectivity index (χ4n) is 2.90. The Kier molecular flexibility index (Phi) is 9.32. The van der Waals surface area contributed by atoms with Crippen molar-refractivity contribution in [2.45, 2.75) is 78.2 Å². The van der Waals surface area contributed by atoms with E-state index in [0.717, 1.165) is 24.1 Å². The lowest BCUT2D eigenvalue weighted by Crippen LogP contribution is -2.21. The Morgan fingerprint density at radius 2 is 1.62 bits per heavy atom. The molecule has 0 bridgehead atoms. The third-order valence-electron chi connectivity index (χ3n) is 4.01. The summed E-state index contributed by atoms with van der Waals surface area (Å²) in [7, 11) is 0. The van der Waals surface area contributed by atoms with E-state index in [2.05, 4.69) is 25.2 Å². The van der Waals surface area contributed by atoms with Crippen LogP contribution in [-0.2, 0) is 0 Å². The highest BCUT2D eigenvalue weighted by molar-refractivity contribution is 5.26. The van der Waals surface area contributed by atoms with Gasteiger partial charge in [-0.05, 0) is 43.1 Å². The standard InChI is InChI=1S/C19H32FN/c1-4-6-7-8-9-10-11-12-19(21-5-2)17-13-16(3)14-18(20)15-17/h13-15,19,21H,4-12H2,1-3H3. The number of hydrogen-bond acceptors (Lipinski definition) is 1. The lowest BCUT2D eigenvalue weighted by Gasteiger charge is -2.19. The van der Waals surface area contributed by atoms with Crippen LogP contribution in [0.4, 0.5) is 4.39 Å². The van der Waals surface area contributed by atoms with E-state index in [1.807, 2.05) is 6.92 Å². The molecule has 0 fully saturated rings. The normalized spacial score (nSPS) is 12.6. The molecule has 21 heavy (non-hydrogen) atoms. The fourth-order valence-corrected chi connectivity index (χ4v) is 2.90. The van der Waals surface area contributed by atoms with E-state index in [0.29, 0.717) is 6.04 Å². The van der Waals surface area contributed by atoms with Gasteiger partial charge >= 0.3 is 0 Å². The molecule has 1 N–H and O–H groups in total. The summed E-state index contributed by atoms with van der Waals surface area (Å²) in [5.41, 5.74) is 2.10. The molecule has 0 saturated heterocycles. The van der Waals surface area contributed by atoms with Crippen molar-refractivity contribution >= 4 is 0 Å². The summed E-state index contributed by atoms with van der Waals surface area (Å²) in [5, 5.41) is 3.50. The highest BCUT2D eigenvalue weighted by atomic mass is 19.1. The molecule has 1 nitrogen and oxygen atoms in total. The summed E-state index contributed by atoms with van der Waals surface area (Å²) in [5.74, 6) is -0.118. The Hall–Kier alpha value is -0.890. The van der Waals surface area contributed by atoms with Gasteiger partial charge in [0.15, 0.2) is 0 Å². The molecule has 2 heteroatoms. The zero-order valence-electron chi connectivity index (χ0n) is 14.1. The van der Waals surface area contributed by atoms with Crippen LogP contribution in [-0.4, -0.2) is 6.54 Å². The van der Waals surface area contributed by atoms with Gasteiger partial charge in [0.25, 0.3) is 0 Å². The average molecular weight is 293 g/mol. The van der Waals surface area contributed by atoms with Crippen molar-refractivity contribution in [2.75, 3.05) is 6.54 Å². The molecule has 1 aromatic rings. The van der Waals surface area contributed by atoms with Gasteiger partial charge in [-0.2, -0.15) is 0 Å². The van der Waals surface area contributed by atoms with Gasteiger partial charge in [0, 0.05) is 6.04 Å². The molecular weight excluding hydrogens is 261 g/mol. The van der Waals surface area contributed by atoms with Gasteiger partial charge in [-0.1, -0.05) is 64.9 Å². The van der Waals surface area contributed by atoms with Gasteiger partial charge in [-0.3, -0.25) is 0 Å². The summed E-state index contributed by atoms with van der Waals surface area (Å²) >= 11 is 0. The molecular formula is C19H32FN. The molecule has 0 aliphatic rings. The van der Waals surface area contributed by atoms with E-state index in [1.54, 1.807) is 12.1 Å². The second-order valence-corrected chi connectivity index (χ2v) is 6.08. The Morgan fingerprint density at radius 3 is 2.24 bits per heavy atom. The number of nitrogens with one attached hydrogen (secondary N) is 1. The second kappa shape index (κ2) is 10.8. The lowest BCUT2D eigenvalue weighted by molar-refractivity contribution is 0.473. The summed E-state index contributed by atoms with van der Waals surface area (Å²) in [6.45, 7) is 7.26. The molecule has 1 rings (SSSR count). The average Bonchev–Trinajstić information content (AvgIpc) is 2.44. The molecule has 0 aliphatic carbocycles. The summed E-state index contributed by atoms with van der Waals surface area (Å²) in [6.07, 6.45) is 10.4. The third-order valence-corrected chi connectivity index (χ3v) is 4.01. The fraction of sp³-hybridized carbons (Fsp3) is 0.684. The maximum atomic E-state index is 13.6. The highest BCUT2D eigenvalue weighted by Crippen LogP contribution is 2.22. The van der Waals surface area contributed by atoms with Crippen molar-refractivity contribution in [3.63, 3.8) is 0 Å². The van der Waals surface area contributed by atoms with Crippen molar-refractivity contribution in [1.29, 1.82) is 0 Å². The highest BCUT2D eigenvalue weighted by Gasteiger charge is 2.11. The molecule has 120 valence electrons. The first kappa shape index (κ1) is 18.2. The number of halogens is 1. The largest absolute Gasteiger partial charge is 0.310 e. The lowest BCUT2D eigenvalue weighted by atomic mass is 9.98. The Bertz CT molecular complexity index is 369.